The number of aliphatic hydroxyl groups excluding tert-OH is 1. The van der Waals surface area contributed by atoms with E-state index in [2.05, 4.69) is 0 Å². The summed E-state index contributed by atoms with van der Waals surface area (Å²) in [6, 6.07) is 53.8. The second-order valence-corrected chi connectivity index (χ2v) is 16.0. The number of carbonyl (C=O) groups is 3. The molecular weight excluding hydrogens is 857 g/mol. The first kappa shape index (κ1) is 47.0. The van der Waals surface area contributed by atoms with Crippen molar-refractivity contribution in [2.75, 3.05) is 13.2 Å². The molecule has 2 heterocycles. The molecule has 6 aromatic rings. The van der Waals surface area contributed by atoms with Crippen LogP contribution in [0.4, 0.5) is 0 Å². The fraction of sp³-hybridized carbons (Fsp3) is 0.278. The van der Waals surface area contributed by atoms with Crippen molar-refractivity contribution >= 4 is 17.9 Å². The van der Waals surface area contributed by atoms with E-state index in [9.17, 15) is 19.5 Å². The zero-order valence-corrected chi connectivity index (χ0v) is 36.6. The average molecular weight is 909 g/mol. The van der Waals surface area contributed by atoms with E-state index in [-0.39, 0.29) is 49.5 Å². The minimum Gasteiger partial charge on any atom is -0.452 e. The lowest BCUT2D eigenvalue weighted by Gasteiger charge is -2.44. The summed E-state index contributed by atoms with van der Waals surface area (Å²) in [6.45, 7) is 0.623. The highest BCUT2D eigenvalue weighted by Crippen LogP contribution is 2.33. The van der Waals surface area contributed by atoms with Gasteiger partial charge in [0.15, 0.2) is 30.9 Å². The molecule has 0 spiro atoms. The van der Waals surface area contributed by atoms with Crippen LogP contribution in [0.15, 0.2) is 182 Å². The Hall–Kier alpha value is -6.55. The third-order valence-corrected chi connectivity index (χ3v) is 11.3. The first-order chi connectivity index (χ1) is 32.9. The fourth-order valence-electron chi connectivity index (χ4n) is 7.85. The Morgan fingerprint density at radius 1 is 0.433 bits per heavy atom. The molecule has 0 bridgehead atoms. The summed E-state index contributed by atoms with van der Waals surface area (Å²) in [5, 5.41) is 11.7. The number of benzene rings is 6. The van der Waals surface area contributed by atoms with E-state index in [0.29, 0.717) is 6.61 Å². The number of carbonyl (C=O) groups excluding carboxylic acids is 3. The van der Waals surface area contributed by atoms with Crippen molar-refractivity contribution in [3.8, 4) is 0 Å². The van der Waals surface area contributed by atoms with Gasteiger partial charge in [0, 0.05) is 6.42 Å². The Bertz CT molecular complexity index is 2430. The highest BCUT2D eigenvalue weighted by molar-refractivity contribution is 5.91. The highest BCUT2D eigenvalue weighted by Gasteiger charge is 2.53. The van der Waals surface area contributed by atoms with Gasteiger partial charge in [-0.2, -0.15) is 0 Å². The standard InChI is InChI=1S/C54H52O13/c55-51(40-25-13-4-14-26-40)65-48-45(64-54(58)50(67-53(57)42-29-17-6-18-30-42)49(48)66-52(56)41-27-15-5-16-28-41)36-61-46-31-43(60-33-38-21-9-2-10-22-38)47(62-34-39-23-11-3-12-24-39)44(63-46)35-59-32-37-19-7-1-8-20-37/h1-30,43-50,54,58H,31-36H2/t43-,44-,45-,46+,47-,48-,49+,50-,54+/m1/s1. The van der Waals surface area contributed by atoms with Gasteiger partial charge in [0.1, 0.15) is 18.3 Å². The van der Waals surface area contributed by atoms with Crippen LogP contribution in [0.1, 0.15) is 54.2 Å². The molecule has 0 saturated carbocycles. The quantitative estimate of drug-likeness (QED) is 0.0619. The fourth-order valence-corrected chi connectivity index (χ4v) is 7.85. The Labute approximate surface area is 389 Å². The number of rotatable bonds is 19. The van der Waals surface area contributed by atoms with Gasteiger partial charge in [-0.25, -0.2) is 14.4 Å². The van der Waals surface area contributed by atoms with E-state index in [1.165, 1.54) is 12.1 Å². The second-order valence-electron chi connectivity index (χ2n) is 16.0. The minimum atomic E-state index is -1.87. The largest absolute Gasteiger partial charge is 0.452 e. The van der Waals surface area contributed by atoms with Crippen molar-refractivity contribution in [2.45, 2.75) is 81.5 Å². The Morgan fingerprint density at radius 3 is 1.33 bits per heavy atom. The summed E-state index contributed by atoms with van der Waals surface area (Å²) in [6.07, 6.45) is -10.5. The number of hydrogen-bond donors (Lipinski definition) is 1. The van der Waals surface area contributed by atoms with Crippen LogP contribution in [-0.2, 0) is 62.5 Å². The van der Waals surface area contributed by atoms with Crippen molar-refractivity contribution in [1.82, 2.24) is 0 Å². The van der Waals surface area contributed by atoms with Crippen molar-refractivity contribution in [3.63, 3.8) is 0 Å². The van der Waals surface area contributed by atoms with Crippen LogP contribution in [0, 0.1) is 0 Å². The molecule has 346 valence electrons. The molecule has 0 aliphatic carbocycles. The van der Waals surface area contributed by atoms with Crippen molar-refractivity contribution < 1.29 is 62.1 Å². The van der Waals surface area contributed by atoms with Gasteiger partial charge < -0.3 is 47.7 Å². The van der Waals surface area contributed by atoms with Crippen LogP contribution >= 0.6 is 0 Å². The summed E-state index contributed by atoms with van der Waals surface area (Å²) in [5.41, 5.74) is 3.41. The molecule has 0 amide bonds. The van der Waals surface area contributed by atoms with E-state index in [0.717, 1.165) is 16.7 Å². The van der Waals surface area contributed by atoms with E-state index in [1.54, 1.807) is 78.9 Å². The van der Waals surface area contributed by atoms with Crippen LogP contribution in [0.2, 0.25) is 0 Å². The van der Waals surface area contributed by atoms with E-state index in [4.69, 9.17) is 42.6 Å². The van der Waals surface area contributed by atoms with Gasteiger partial charge in [0.2, 0.25) is 0 Å². The SMILES string of the molecule is O=C(O[C@@H]1[C@@H](OC(=O)c2ccccc2)[C@@H](O)O[C@H](CO[C@@H]2C[C@@H](OCc3ccccc3)[C@@H](OCc3ccccc3)[C@@H](COCc3ccccc3)O2)[C@H]1OC(=O)c1ccccc1)c1ccccc1. The molecule has 2 fully saturated rings. The summed E-state index contributed by atoms with van der Waals surface area (Å²) < 4.78 is 56.8. The van der Waals surface area contributed by atoms with Crippen molar-refractivity contribution in [2.24, 2.45) is 0 Å². The van der Waals surface area contributed by atoms with Gasteiger partial charge in [-0.05, 0) is 53.1 Å². The predicted molar refractivity (Wildman–Crippen MR) is 243 cm³/mol. The Balaban J connectivity index is 1.07. The number of hydrogen-bond acceptors (Lipinski definition) is 13. The molecule has 67 heavy (non-hydrogen) atoms. The molecule has 8 rings (SSSR count). The summed E-state index contributed by atoms with van der Waals surface area (Å²) in [5.74, 6) is -2.45. The average Bonchev–Trinajstić information content (AvgIpc) is 3.38. The number of ether oxygens (including phenoxy) is 9. The van der Waals surface area contributed by atoms with Gasteiger partial charge in [-0.15, -0.1) is 0 Å². The maximum Gasteiger partial charge on any atom is 0.338 e. The molecule has 0 radical (unpaired) electrons. The van der Waals surface area contributed by atoms with Gasteiger partial charge in [0.05, 0.1) is 55.8 Å². The molecule has 13 nitrogen and oxygen atoms in total. The first-order valence-corrected chi connectivity index (χ1v) is 22.2. The lowest BCUT2D eigenvalue weighted by atomic mass is 9.97. The van der Waals surface area contributed by atoms with E-state index < -0.39 is 73.2 Å². The smallest absolute Gasteiger partial charge is 0.338 e. The van der Waals surface area contributed by atoms with Gasteiger partial charge >= 0.3 is 17.9 Å². The highest BCUT2D eigenvalue weighted by atomic mass is 16.7. The molecule has 13 heteroatoms. The van der Waals surface area contributed by atoms with Crippen LogP contribution in [-0.4, -0.2) is 91.5 Å². The lowest BCUT2D eigenvalue weighted by Crippen LogP contribution is -2.62. The third kappa shape index (κ3) is 13.1. The topological polar surface area (TPSA) is 155 Å². The maximum absolute atomic E-state index is 13.9. The van der Waals surface area contributed by atoms with E-state index in [1.807, 2.05) is 91.0 Å². The zero-order chi connectivity index (χ0) is 46.2. The molecule has 0 unspecified atom stereocenters. The normalized spacial score (nSPS) is 23.7. The minimum absolute atomic E-state index is 0.112. The predicted octanol–water partition coefficient (Wildman–Crippen LogP) is 7.90. The number of aliphatic hydroxyl groups is 1. The van der Waals surface area contributed by atoms with E-state index >= 15 is 0 Å². The molecule has 6 aromatic carbocycles. The van der Waals surface area contributed by atoms with Gasteiger partial charge in [0.25, 0.3) is 0 Å². The zero-order valence-electron chi connectivity index (χ0n) is 36.6. The summed E-state index contributed by atoms with van der Waals surface area (Å²) in [7, 11) is 0. The lowest BCUT2D eigenvalue weighted by molar-refractivity contribution is -0.311. The molecule has 2 aliphatic heterocycles. The molecular formula is C54H52O13. The van der Waals surface area contributed by atoms with Crippen molar-refractivity contribution in [1.29, 1.82) is 0 Å². The Kier molecular flexibility index (Phi) is 16.7. The Morgan fingerprint density at radius 2 is 0.836 bits per heavy atom. The molecule has 2 saturated heterocycles. The number of esters is 3. The van der Waals surface area contributed by atoms with Crippen molar-refractivity contribution in [3.05, 3.63) is 215 Å². The summed E-state index contributed by atoms with van der Waals surface area (Å²) in [4.78, 5) is 41.2. The molecule has 1 N–H and O–H groups in total. The van der Waals surface area contributed by atoms with Gasteiger partial charge in [-0.3, -0.25) is 0 Å². The first-order valence-electron chi connectivity index (χ1n) is 22.2. The van der Waals surface area contributed by atoms with Crippen LogP contribution in [0.5, 0.6) is 0 Å². The maximum atomic E-state index is 13.9. The monoisotopic (exact) mass is 908 g/mol. The molecule has 9 atom stereocenters. The van der Waals surface area contributed by atoms with Crippen LogP contribution in [0.25, 0.3) is 0 Å². The molecule has 0 aromatic heterocycles. The van der Waals surface area contributed by atoms with Gasteiger partial charge in [-0.1, -0.05) is 146 Å². The second kappa shape index (κ2) is 23.8. The third-order valence-electron chi connectivity index (χ3n) is 11.3. The molecule has 2 aliphatic rings. The van der Waals surface area contributed by atoms with Crippen LogP contribution in [0.3, 0.4) is 0 Å². The summed E-state index contributed by atoms with van der Waals surface area (Å²) >= 11 is 0. The van der Waals surface area contributed by atoms with Crippen LogP contribution < -0.4 is 0 Å².